The predicted octanol–water partition coefficient (Wildman–Crippen LogP) is 4.27. The summed E-state index contributed by atoms with van der Waals surface area (Å²) in [6.45, 7) is 8.23. The number of carbonyl (C=O) groups excluding carboxylic acids is 3. The fourth-order valence-corrected chi connectivity index (χ4v) is 5.05. The van der Waals surface area contributed by atoms with E-state index in [2.05, 4.69) is 24.9 Å². The summed E-state index contributed by atoms with van der Waals surface area (Å²) in [5, 5.41) is 13.1. The van der Waals surface area contributed by atoms with Gasteiger partial charge in [0, 0.05) is 37.2 Å². The van der Waals surface area contributed by atoms with E-state index in [0.717, 1.165) is 55.0 Å². The van der Waals surface area contributed by atoms with Crippen molar-refractivity contribution < 1.29 is 43.2 Å². The number of fused-ring (bicyclic) bond motifs is 2. The Morgan fingerprint density at radius 1 is 1.18 bits per heavy atom. The maximum atomic E-state index is 12.0. The number of H-pyrrole nitrogens is 1. The Hall–Kier alpha value is -4.62. The second-order valence-electron chi connectivity index (χ2n) is 10.6. The summed E-state index contributed by atoms with van der Waals surface area (Å²) in [4.78, 5) is 44.2. The van der Waals surface area contributed by atoms with E-state index in [-0.39, 0.29) is 23.9 Å². The smallest absolute Gasteiger partial charge is 0.413 e. The lowest BCUT2D eigenvalue weighted by Gasteiger charge is -2.26. The molecule has 2 aliphatic heterocycles. The highest BCUT2D eigenvalue weighted by atomic mass is 16.5. The summed E-state index contributed by atoms with van der Waals surface area (Å²) in [7, 11) is 2.84. The number of nitrogens with one attached hydrogen (secondary N) is 2. The lowest BCUT2D eigenvalue weighted by Crippen LogP contribution is -2.38. The van der Waals surface area contributed by atoms with Crippen molar-refractivity contribution in [2.24, 2.45) is 0 Å². The molecule has 0 saturated carbocycles. The Kier molecular flexibility index (Phi) is 11.8. The van der Waals surface area contributed by atoms with Crippen LogP contribution in [0.5, 0.6) is 11.5 Å². The molecule has 0 aliphatic carbocycles. The predicted molar refractivity (Wildman–Crippen MR) is 166 cm³/mol. The van der Waals surface area contributed by atoms with Gasteiger partial charge in [0.05, 0.1) is 38.5 Å². The molecule has 45 heavy (non-hydrogen) atoms. The number of rotatable bonds is 10. The fourth-order valence-electron chi connectivity index (χ4n) is 5.05. The molecule has 5 rings (SSSR count). The molecule has 3 heterocycles. The maximum absolute atomic E-state index is 12.0. The number of aromatic hydroxyl groups is 1. The molecule has 1 fully saturated rings. The van der Waals surface area contributed by atoms with E-state index in [1.807, 2.05) is 44.2 Å². The minimum Gasteiger partial charge on any atom is -0.507 e. The van der Waals surface area contributed by atoms with Gasteiger partial charge in [0.1, 0.15) is 30.3 Å². The Balaban J connectivity index is 0.000000273. The van der Waals surface area contributed by atoms with Crippen molar-refractivity contribution in [3.8, 4) is 11.5 Å². The molecule has 0 spiro atoms. The molecule has 1 aromatic heterocycles. The number of cyclic esters (lactones) is 1. The number of allylic oxidation sites excluding steroid dienone is 2. The Bertz CT molecular complexity index is 1510. The quantitative estimate of drug-likeness (QED) is 0.168. The molecule has 2 aromatic carbocycles. The van der Waals surface area contributed by atoms with E-state index < -0.39 is 12.1 Å². The van der Waals surface area contributed by atoms with Crippen LogP contribution in [-0.2, 0) is 36.8 Å². The number of nitrogens with zero attached hydrogens (tertiary/aromatic N) is 2. The highest BCUT2D eigenvalue weighted by Gasteiger charge is 2.31. The number of carbonyl (C=O) groups is 3. The molecule has 13 heteroatoms. The lowest BCUT2D eigenvalue weighted by molar-refractivity contribution is -0.144. The summed E-state index contributed by atoms with van der Waals surface area (Å²) in [6.07, 6.45) is 2.64. The highest BCUT2D eigenvalue weighted by Crippen LogP contribution is 2.42. The second-order valence-corrected chi connectivity index (χ2v) is 10.6. The van der Waals surface area contributed by atoms with Gasteiger partial charge in [0.25, 0.3) is 0 Å². The van der Waals surface area contributed by atoms with Gasteiger partial charge in [-0.3, -0.25) is 15.0 Å². The van der Waals surface area contributed by atoms with Gasteiger partial charge >= 0.3 is 18.0 Å². The number of esters is 2. The standard InChI is InChI=1S/C23H31NO7.C9H9N3O2/c1-15(5-7-19(25)30-13-10-24-8-11-29-12-9-24)4-6-17-21(26)20-18(14-31-23(20)27)16(2)22(17)28-3;1-14-9(13)12-8-10-6-4-2-3-5-7(6)11-8/h4,26H,5-14H2,1-3H3;2-5H,1H3,(H2,10,11,12,13)/b15-4+;. The van der Waals surface area contributed by atoms with E-state index in [1.54, 1.807) is 7.11 Å². The number of imidazole rings is 1. The third kappa shape index (κ3) is 8.73. The molecule has 2 aliphatic rings. The van der Waals surface area contributed by atoms with Crippen LogP contribution in [0.3, 0.4) is 0 Å². The number of hydrogen-bond acceptors (Lipinski definition) is 11. The van der Waals surface area contributed by atoms with Crippen LogP contribution in [0.25, 0.3) is 11.0 Å². The number of aromatic amines is 1. The van der Waals surface area contributed by atoms with Gasteiger partial charge < -0.3 is 33.8 Å². The van der Waals surface area contributed by atoms with Crippen LogP contribution in [0.2, 0.25) is 0 Å². The van der Waals surface area contributed by atoms with E-state index in [0.29, 0.717) is 48.7 Å². The van der Waals surface area contributed by atoms with Crippen molar-refractivity contribution >= 4 is 35.0 Å². The summed E-state index contributed by atoms with van der Waals surface area (Å²) < 4.78 is 25.6. The normalized spacial score (nSPS) is 14.7. The van der Waals surface area contributed by atoms with Crippen molar-refractivity contribution in [2.45, 2.75) is 39.7 Å². The van der Waals surface area contributed by atoms with Crippen molar-refractivity contribution in [1.82, 2.24) is 14.9 Å². The molecule has 13 nitrogen and oxygen atoms in total. The van der Waals surface area contributed by atoms with E-state index >= 15 is 0 Å². The van der Waals surface area contributed by atoms with Crippen LogP contribution in [0.15, 0.2) is 35.9 Å². The third-order valence-electron chi connectivity index (χ3n) is 7.60. The van der Waals surface area contributed by atoms with Crippen LogP contribution in [0.4, 0.5) is 10.7 Å². The number of benzene rings is 2. The Labute approximate surface area is 261 Å². The fraction of sp³-hybridized carbons (Fsp3) is 0.438. The molecule has 3 N–H and O–H groups in total. The lowest BCUT2D eigenvalue weighted by atomic mass is 9.94. The summed E-state index contributed by atoms with van der Waals surface area (Å²) in [5.74, 6) is 0.114. The van der Waals surface area contributed by atoms with Crippen molar-refractivity contribution in [3.63, 3.8) is 0 Å². The number of phenolic OH excluding ortho intramolecular Hbond substituents is 1. The Morgan fingerprint density at radius 2 is 1.93 bits per heavy atom. The largest absolute Gasteiger partial charge is 0.507 e. The van der Waals surface area contributed by atoms with Crippen LogP contribution in [0.1, 0.15) is 46.8 Å². The SMILES string of the molecule is COC(=O)Nc1nc2ccccc2[nH]1.COc1c(C)c2c(c(O)c1C/C=C(\C)CCC(=O)OCCN1CCOCC1)C(=O)OC2. The van der Waals surface area contributed by atoms with E-state index in [9.17, 15) is 19.5 Å². The zero-order valence-electron chi connectivity index (χ0n) is 26.1. The number of aromatic nitrogens is 2. The van der Waals surface area contributed by atoms with Crippen LogP contribution >= 0.6 is 0 Å². The average molecular weight is 625 g/mol. The van der Waals surface area contributed by atoms with Crippen LogP contribution in [-0.4, -0.2) is 91.7 Å². The zero-order chi connectivity index (χ0) is 32.3. The van der Waals surface area contributed by atoms with Gasteiger partial charge in [-0.25, -0.2) is 14.6 Å². The van der Waals surface area contributed by atoms with Crippen LogP contribution in [0, 0.1) is 6.92 Å². The molecular weight excluding hydrogens is 584 g/mol. The average Bonchev–Trinajstić information content (AvgIpc) is 3.64. The minimum absolute atomic E-state index is 0.0912. The van der Waals surface area contributed by atoms with Gasteiger partial charge in [-0.15, -0.1) is 0 Å². The number of para-hydroxylation sites is 2. The molecule has 0 bridgehead atoms. The van der Waals surface area contributed by atoms with Crippen LogP contribution < -0.4 is 10.1 Å². The van der Waals surface area contributed by atoms with Gasteiger partial charge in [-0.2, -0.15) is 0 Å². The highest BCUT2D eigenvalue weighted by molar-refractivity contribution is 5.98. The minimum atomic E-state index is -0.538. The number of phenols is 1. The summed E-state index contributed by atoms with van der Waals surface area (Å²) in [5.41, 5.74) is 4.91. The first kappa shape index (κ1) is 33.3. The number of hydrogen-bond donors (Lipinski definition) is 3. The number of morpholine rings is 1. The topological polar surface area (TPSA) is 162 Å². The molecule has 0 unspecified atom stereocenters. The molecule has 242 valence electrons. The van der Waals surface area contributed by atoms with Crippen molar-refractivity contribution in [3.05, 3.63) is 58.2 Å². The molecule has 1 amide bonds. The summed E-state index contributed by atoms with van der Waals surface area (Å²) in [6, 6.07) is 7.51. The van der Waals surface area contributed by atoms with Crippen molar-refractivity contribution in [2.75, 3.05) is 59.0 Å². The first-order valence-electron chi connectivity index (χ1n) is 14.7. The first-order valence-corrected chi connectivity index (χ1v) is 14.7. The number of amides is 1. The monoisotopic (exact) mass is 624 g/mol. The molecule has 0 atom stereocenters. The molecule has 3 aromatic rings. The van der Waals surface area contributed by atoms with Crippen molar-refractivity contribution in [1.29, 1.82) is 0 Å². The number of ether oxygens (including phenoxy) is 5. The zero-order valence-corrected chi connectivity index (χ0v) is 26.1. The Morgan fingerprint density at radius 3 is 2.64 bits per heavy atom. The maximum Gasteiger partial charge on any atom is 0.413 e. The van der Waals surface area contributed by atoms with Gasteiger partial charge in [-0.05, 0) is 44.4 Å². The first-order chi connectivity index (χ1) is 21.7. The van der Waals surface area contributed by atoms with Gasteiger partial charge in [-0.1, -0.05) is 23.8 Å². The van der Waals surface area contributed by atoms with E-state index in [1.165, 1.54) is 7.11 Å². The molecule has 0 radical (unpaired) electrons. The van der Waals surface area contributed by atoms with Gasteiger partial charge in [0.2, 0.25) is 5.95 Å². The van der Waals surface area contributed by atoms with E-state index in [4.69, 9.17) is 18.9 Å². The molecular formula is C32H40N4O9. The summed E-state index contributed by atoms with van der Waals surface area (Å²) >= 11 is 0. The molecule has 1 saturated heterocycles. The third-order valence-corrected chi connectivity index (χ3v) is 7.60. The number of anilines is 1. The number of methoxy groups -OCH3 is 2. The second kappa shape index (κ2) is 15.9. The van der Waals surface area contributed by atoms with Gasteiger partial charge in [0.15, 0.2) is 0 Å².